The second kappa shape index (κ2) is 5.15. The number of ether oxygens (including phenoxy) is 1. The first-order valence-electron chi connectivity index (χ1n) is 6.35. The lowest BCUT2D eigenvalue weighted by atomic mass is 9.89. The summed E-state index contributed by atoms with van der Waals surface area (Å²) in [7, 11) is 0. The van der Waals surface area contributed by atoms with Crippen LogP contribution in [-0.2, 0) is 9.53 Å². The van der Waals surface area contributed by atoms with Gasteiger partial charge in [-0.25, -0.2) is 0 Å². The quantitative estimate of drug-likeness (QED) is 0.704. The first-order chi connectivity index (χ1) is 7.69. The third kappa shape index (κ3) is 3.19. The molecule has 2 aliphatic rings. The van der Waals surface area contributed by atoms with E-state index in [0.717, 1.165) is 19.4 Å². The Bertz CT molecular complexity index is 247. The number of carbonyl (C=O) groups excluding carboxylic acids is 1. The van der Waals surface area contributed by atoms with Crippen molar-refractivity contribution < 1.29 is 9.53 Å². The van der Waals surface area contributed by atoms with Crippen molar-refractivity contribution >= 4 is 5.91 Å². The van der Waals surface area contributed by atoms with E-state index in [0.29, 0.717) is 24.5 Å². The molecule has 0 saturated heterocycles. The molecule has 4 heteroatoms. The summed E-state index contributed by atoms with van der Waals surface area (Å²) in [5.41, 5.74) is 5.90. The lowest BCUT2D eigenvalue weighted by molar-refractivity contribution is -0.124. The normalized spacial score (nSPS) is 30.6. The number of hydrogen-bond acceptors (Lipinski definition) is 3. The second-order valence-electron chi connectivity index (χ2n) is 5.02. The highest BCUT2D eigenvalue weighted by atomic mass is 16.5. The number of amides is 1. The van der Waals surface area contributed by atoms with E-state index in [9.17, 15) is 4.79 Å². The van der Waals surface area contributed by atoms with Crippen molar-refractivity contribution in [3.63, 3.8) is 0 Å². The highest BCUT2D eigenvalue weighted by Crippen LogP contribution is 2.32. The topological polar surface area (TPSA) is 64.3 Å². The lowest BCUT2D eigenvalue weighted by Gasteiger charge is -2.35. The van der Waals surface area contributed by atoms with Crippen LogP contribution in [0.2, 0.25) is 0 Å². The van der Waals surface area contributed by atoms with E-state index in [1.165, 1.54) is 12.8 Å². The molecule has 1 atom stereocenters. The fourth-order valence-corrected chi connectivity index (χ4v) is 2.25. The smallest absolute Gasteiger partial charge is 0.221 e. The van der Waals surface area contributed by atoms with Gasteiger partial charge in [0.2, 0.25) is 5.91 Å². The van der Waals surface area contributed by atoms with Crippen LogP contribution < -0.4 is 11.1 Å². The van der Waals surface area contributed by atoms with Crippen molar-refractivity contribution in [3.8, 4) is 0 Å². The molecule has 2 aliphatic carbocycles. The minimum Gasteiger partial charge on any atom is -0.378 e. The maximum Gasteiger partial charge on any atom is 0.221 e. The molecule has 0 spiro atoms. The number of carbonyl (C=O) groups is 1. The van der Waals surface area contributed by atoms with Crippen molar-refractivity contribution in [1.82, 2.24) is 5.32 Å². The Morgan fingerprint density at radius 3 is 2.75 bits per heavy atom. The molecule has 4 nitrogen and oxygen atoms in total. The molecule has 0 aromatic rings. The number of rotatable bonds is 6. The van der Waals surface area contributed by atoms with Crippen LogP contribution in [0.3, 0.4) is 0 Å². The standard InChI is InChI=1S/C12H22N2O2/c1-2-16-10-5-9(6-10)14-12(15)7-11(13)8-3-4-8/h8-11H,2-7,13H2,1H3,(H,14,15). The highest BCUT2D eigenvalue weighted by molar-refractivity contribution is 5.77. The number of nitrogens with two attached hydrogens (primary N) is 1. The van der Waals surface area contributed by atoms with E-state index in [2.05, 4.69) is 5.32 Å². The minimum atomic E-state index is 0.0720. The molecule has 16 heavy (non-hydrogen) atoms. The van der Waals surface area contributed by atoms with Crippen molar-refractivity contribution in [2.45, 2.75) is 57.2 Å². The Labute approximate surface area is 96.9 Å². The van der Waals surface area contributed by atoms with Crippen LogP contribution in [0.25, 0.3) is 0 Å². The zero-order valence-corrected chi connectivity index (χ0v) is 9.95. The van der Waals surface area contributed by atoms with Crippen LogP contribution in [0.5, 0.6) is 0 Å². The maximum absolute atomic E-state index is 11.6. The zero-order valence-electron chi connectivity index (χ0n) is 9.95. The SMILES string of the molecule is CCOC1CC(NC(=O)CC(N)C2CC2)C1. The Balaban J connectivity index is 1.57. The molecule has 0 aromatic carbocycles. The first-order valence-corrected chi connectivity index (χ1v) is 6.35. The molecular weight excluding hydrogens is 204 g/mol. The van der Waals surface area contributed by atoms with Gasteiger partial charge in [0.25, 0.3) is 0 Å². The van der Waals surface area contributed by atoms with Gasteiger partial charge in [0.05, 0.1) is 6.10 Å². The maximum atomic E-state index is 11.6. The van der Waals surface area contributed by atoms with Gasteiger partial charge < -0.3 is 15.8 Å². The van der Waals surface area contributed by atoms with Crippen molar-refractivity contribution in [2.24, 2.45) is 11.7 Å². The van der Waals surface area contributed by atoms with Crippen LogP contribution in [-0.4, -0.2) is 30.7 Å². The summed E-state index contributed by atoms with van der Waals surface area (Å²) in [6.45, 7) is 2.76. The molecule has 1 amide bonds. The molecule has 1 unspecified atom stereocenters. The summed E-state index contributed by atoms with van der Waals surface area (Å²) in [4.78, 5) is 11.6. The van der Waals surface area contributed by atoms with Gasteiger partial charge >= 0.3 is 0 Å². The van der Waals surface area contributed by atoms with Gasteiger partial charge in [-0.15, -0.1) is 0 Å². The summed E-state index contributed by atoms with van der Waals surface area (Å²) in [5.74, 6) is 0.711. The molecule has 3 N–H and O–H groups in total. The Morgan fingerprint density at radius 2 is 2.19 bits per heavy atom. The van der Waals surface area contributed by atoms with E-state index in [1.54, 1.807) is 0 Å². The highest BCUT2D eigenvalue weighted by Gasteiger charge is 2.33. The summed E-state index contributed by atoms with van der Waals surface area (Å²) in [6, 6.07) is 0.387. The van der Waals surface area contributed by atoms with Gasteiger partial charge in [0.1, 0.15) is 0 Å². The second-order valence-corrected chi connectivity index (χ2v) is 5.02. The van der Waals surface area contributed by atoms with Gasteiger partial charge in [-0.3, -0.25) is 4.79 Å². The summed E-state index contributed by atoms with van der Waals surface area (Å²) >= 11 is 0. The monoisotopic (exact) mass is 226 g/mol. The van der Waals surface area contributed by atoms with Crippen LogP contribution in [0.1, 0.15) is 39.0 Å². The summed E-state index contributed by atoms with van der Waals surface area (Å²) in [6.07, 6.45) is 5.15. The number of hydrogen-bond donors (Lipinski definition) is 2. The Hall–Kier alpha value is -0.610. The third-order valence-corrected chi connectivity index (χ3v) is 3.51. The van der Waals surface area contributed by atoms with Gasteiger partial charge in [-0.1, -0.05) is 0 Å². The van der Waals surface area contributed by atoms with Crippen LogP contribution in [0.4, 0.5) is 0 Å². The van der Waals surface area contributed by atoms with Crippen LogP contribution >= 0.6 is 0 Å². The van der Waals surface area contributed by atoms with E-state index in [4.69, 9.17) is 10.5 Å². The molecule has 0 bridgehead atoms. The van der Waals surface area contributed by atoms with E-state index < -0.39 is 0 Å². The molecule has 92 valence electrons. The minimum absolute atomic E-state index is 0.0720. The summed E-state index contributed by atoms with van der Waals surface area (Å²) < 4.78 is 5.44. The average molecular weight is 226 g/mol. The van der Waals surface area contributed by atoms with Gasteiger partial charge in [-0.05, 0) is 38.5 Å². The van der Waals surface area contributed by atoms with E-state index in [-0.39, 0.29) is 11.9 Å². The van der Waals surface area contributed by atoms with E-state index in [1.807, 2.05) is 6.92 Å². The molecule has 0 radical (unpaired) electrons. The van der Waals surface area contributed by atoms with Crippen molar-refractivity contribution in [3.05, 3.63) is 0 Å². The zero-order chi connectivity index (χ0) is 11.5. The first kappa shape index (κ1) is 11.9. The molecule has 2 saturated carbocycles. The molecule has 0 aromatic heterocycles. The van der Waals surface area contributed by atoms with E-state index >= 15 is 0 Å². The molecular formula is C12H22N2O2. The van der Waals surface area contributed by atoms with Gasteiger partial charge in [0.15, 0.2) is 0 Å². The predicted octanol–water partition coefficient (Wildman–Crippen LogP) is 0.797. The third-order valence-electron chi connectivity index (χ3n) is 3.51. The largest absolute Gasteiger partial charge is 0.378 e. The van der Waals surface area contributed by atoms with Gasteiger partial charge in [-0.2, -0.15) is 0 Å². The number of nitrogens with one attached hydrogen (secondary N) is 1. The average Bonchev–Trinajstić information content (AvgIpc) is 2.97. The summed E-state index contributed by atoms with van der Waals surface area (Å²) in [5, 5.41) is 3.02. The molecule has 2 rings (SSSR count). The molecule has 0 aliphatic heterocycles. The molecule has 2 fully saturated rings. The van der Waals surface area contributed by atoms with Crippen LogP contribution in [0, 0.1) is 5.92 Å². The Kier molecular flexibility index (Phi) is 3.82. The van der Waals surface area contributed by atoms with Crippen molar-refractivity contribution in [2.75, 3.05) is 6.61 Å². The predicted molar refractivity (Wildman–Crippen MR) is 61.9 cm³/mol. The molecule has 0 heterocycles. The van der Waals surface area contributed by atoms with Crippen LogP contribution in [0.15, 0.2) is 0 Å². The fourth-order valence-electron chi connectivity index (χ4n) is 2.25. The Morgan fingerprint density at radius 1 is 1.50 bits per heavy atom. The lowest BCUT2D eigenvalue weighted by Crippen LogP contribution is -2.48. The van der Waals surface area contributed by atoms with Crippen molar-refractivity contribution in [1.29, 1.82) is 0 Å². The fraction of sp³-hybridized carbons (Fsp3) is 0.917. The van der Waals surface area contributed by atoms with Gasteiger partial charge in [0, 0.05) is 25.1 Å².